The summed E-state index contributed by atoms with van der Waals surface area (Å²) in [5.41, 5.74) is 1.19. The highest BCUT2D eigenvalue weighted by molar-refractivity contribution is 9.10. The second kappa shape index (κ2) is 7.86. The first-order chi connectivity index (χ1) is 12.4. The van der Waals surface area contributed by atoms with E-state index in [2.05, 4.69) is 26.6 Å². The lowest BCUT2D eigenvalue weighted by molar-refractivity contribution is -0.122. The topological polar surface area (TPSA) is 67.4 Å². The van der Waals surface area contributed by atoms with Gasteiger partial charge in [-0.25, -0.2) is 4.39 Å². The summed E-state index contributed by atoms with van der Waals surface area (Å²) < 4.78 is 19.1. The van der Waals surface area contributed by atoms with Crippen molar-refractivity contribution in [2.45, 2.75) is 25.9 Å². The number of amides is 2. The molecule has 0 saturated heterocycles. The van der Waals surface area contributed by atoms with Crippen molar-refractivity contribution in [3.05, 3.63) is 52.8 Å². The molecule has 0 spiro atoms. The molecule has 26 heavy (non-hydrogen) atoms. The normalized spacial score (nSPS) is 14.4. The standard InChI is InChI=1S/C19H18BrFN2O3/c1-11(26-17-8-7-13(21)9-16(17)20)18(24)22-14-3-2-4-15(10-14)23-19(25)12-5-6-12/h2-4,7-12H,5-6H2,1H3,(H,22,24)(H,23,25). The molecular weight excluding hydrogens is 403 g/mol. The maximum atomic E-state index is 13.1. The van der Waals surface area contributed by atoms with Crippen LogP contribution in [0.3, 0.4) is 0 Å². The van der Waals surface area contributed by atoms with Gasteiger partial charge < -0.3 is 15.4 Å². The Hall–Kier alpha value is -2.41. The van der Waals surface area contributed by atoms with Gasteiger partial charge in [0.15, 0.2) is 6.10 Å². The molecule has 2 N–H and O–H groups in total. The molecule has 136 valence electrons. The highest BCUT2D eigenvalue weighted by atomic mass is 79.9. The van der Waals surface area contributed by atoms with Gasteiger partial charge >= 0.3 is 0 Å². The minimum absolute atomic E-state index is 0.00587. The van der Waals surface area contributed by atoms with E-state index in [9.17, 15) is 14.0 Å². The molecule has 0 bridgehead atoms. The Morgan fingerprint density at radius 3 is 2.50 bits per heavy atom. The molecule has 7 heteroatoms. The van der Waals surface area contributed by atoms with Gasteiger partial charge in [0.25, 0.3) is 5.91 Å². The molecule has 2 aromatic carbocycles. The first-order valence-electron chi connectivity index (χ1n) is 8.26. The first-order valence-corrected chi connectivity index (χ1v) is 9.05. The Morgan fingerprint density at radius 2 is 1.85 bits per heavy atom. The van der Waals surface area contributed by atoms with E-state index in [0.717, 1.165) is 12.8 Å². The van der Waals surface area contributed by atoms with Gasteiger partial charge in [0.05, 0.1) is 4.47 Å². The van der Waals surface area contributed by atoms with E-state index in [1.54, 1.807) is 31.2 Å². The largest absolute Gasteiger partial charge is 0.480 e. The molecule has 0 radical (unpaired) electrons. The maximum Gasteiger partial charge on any atom is 0.265 e. The molecule has 1 unspecified atom stereocenters. The molecule has 1 aliphatic rings. The smallest absolute Gasteiger partial charge is 0.265 e. The SMILES string of the molecule is CC(Oc1ccc(F)cc1Br)C(=O)Nc1cccc(NC(=O)C2CC2)c1. The molecule has 2 aromatic rings. The lowest BCUT2D eigenvalue weighted by Crippen LogP contribution is -2.30. The van der Waals surface area contributed by atoms with E-state index in [1.165, 1.54) is 18.2 Å². The minimum Gasteiger partial charge on any atom is -0.480 e. The third-order valence-corrected chi connectivity index (χ3v) is 4.53. The summed E-state index contributed by atoms with van der Waals surface area (Å²) in [5.74, 6) is -0.264. The van der Waals surface area contributed by atoms with Crippen molar-refractivity contribution in [2.75, 3.05) is 10.6 Å². The van der Waals surface area contributed by atoms with Crippen molar-refractivity contribution < 1.29 is 18.7 Å². The number of benzene rings is 2. The predicted molar refractivity (Wildman–Crippen MR) is 101 cm³/mol. The van der Waals surface area contributed by atoms with E-state index in [4.69, 9.17) is 4.74 Å². The summed E-state index contributed by atoms with van der Waals surface area (Å²) in [6.45, 7) is 1.60. The van der Waals surface area contributed by atoms with Crippen molar-refractivity contribution >= 4 is 39.1 Å². The number of ether oxygens (including phenoxy) is 1. The van der Waals surface area contributed by atoms with Crippen molar-refractivity contribution in [1.82, 2.24) is 0 Å². The molecule has 1 fully saturated rings. The third-order valence-electron chi connectivity index (χ3n) is 3.91. The van der Waals surface area contributed by atoms with Crippen LogP contribution in [0.5, 0.6) is 5.75 Å². The number of nitrogens with one attached hydrogen (secondary N) is 2. The van der Waals surface area contributed by atoms with Gasteiger partial charge in [0.2, 0.25) is 5.91 Å². The average molecular weight is 421 g/mol. The van der Waals surface area contributed by atoms with Crippen LogP contribution in [-0.2, 0) is 9.59 Å². The highest BCUT2D eigenvalue weighted by Crippen LogP contribution is 2.30. The van der Waals surface area contributed by atoms with Crippen LogP contribution in [0, 0.1) is 11.7 Å². The fraction of sp³-hybridized carbons (Fsp3) is 0.263. The zero-order valence-electron chi connectivity index (χ0n) is 14.1. The van der Waals surface area contributed by atoms with E-state index in [1.807, 2.05) is 0 Å². The van der Waals surface area contributed by atoms with Crippen LogP contribution in [0.4, 0.5) is 15.8 Å². The van der Waals surface area contributed by atoms with Gasteiger partial charge in [-0.3, -0.25) is 9.59 Å². The lowest BCUT2D eigenvalue weighted by atomic mass is 10.2. The van der Waals surface area contributed by atoms with Crippen molar-refractivity contribution in [1.29, 1.82) is 0 Å². The molecule has 0 heterocycles. The highest BCUT2D eigenvalue weighted by Gasteiger charge is 2.29. The molecule has 1 saturated carbocycles. The number of anilines is 2. The van der Waals surface area contributed by atoms with Gasteiger partial charge in [-0.2, -0.15) is 0 Å². The average Bonchev–Trinajstić information content (AvgIpc) is 3.42. The van der Waals surface area contributed by atoms with Crippen LogP contribution in [-0.4, -0.2) is 17.9 Å². The van der Waals surface area contributed by atoms with Crippen LogP contribution < -0.4 is 15.4 Å². The lowest BCUT2D eigenvalue weighted by Gasteiger charge is -2.16. The number of hydrogen-bond donors (Lipinski definition) is 2. The van der Waals surface area contributed by atoms with Crippen molar-refractivity contribution in [2.24, 2.45) is 5.92 Å². The Kier molecular flexibility index (Phi) is 5.56. The fourth-order valence-electron chi connectivity index (χ4n) is 2.32. The zero-order valence-corrected chi connectivity index (χ0v) is 15.7. The van der Waals surface area contributed by atoms with Crippen molar-refractivity contribution in [3.8, 4) is 5.75 Å². The molecule has 5 nitrogen and oxygen atoms in total. The molecule has 2 amide bonds. The summed E-state index contributed by atoms with van der Waals surface area (Å²) in [6, 6.07) is 10.9. The summed E-state index contributed by atoms with van der Waals surface area (Å²) in [6.07, 6.45) is 1.06. The van der Waals surface area contributed by atoms with Gasteiger partial charge in [-0.05, 0) is 72.1 Å². The molecule has 1 aliphatic carbocycles. The second-order valence-electron chi connectivity index (χ2n) is 6.17. The van der Waals surface area contributed by atoms with Crippen LogP contribution in [0.2, 0.25) is 0 Å². The van der Waals surface area contributed by atoms with Gasteiger partial charge in [0.1, 0.15) is 11.6 Å². The zero-order chi connectivity index (χ0) is 18.7. The molecule has 0 aromatic heterocycles. The third kappa shape index (κ3) is 4.82. The number of halogens is 2. The van der Waals surface area contributed by atoms with Gasteiger partial charge in [-0.15, -0.1) is 0 Å². The quantitative estimate of drug-likeness (QED) is 0.729. The Balaban J connectivity index is 1.60. The maximum absolute atomic E-state index is 13.1. The van der Waals surface area contributed by atoms with Crippen LogP contribution in [0.15, 0.2) is 46.9 Å². The van der Waals surface area contributed by atoms with E-state index in [-0.39, 0.29) is 17.7 Å². The number of carbonyl (C=O) groups is 2. The van der Waals surface area contributed by atoms with Crippen LogP contribution in [0.1, 0.15) is 19.8 Å². The fourth-order valence-corrected chi connectivity index (χ4v) is 2.77. The van der Waals surface area contributed by atoms with E-state index < -0.39 is 11.9 Å². The molecular formula is C19H18BrFN2O3. The predicted octanol–water partition coefficient (Wildman–Crippen LogP) is 4.34. The van der Waals surface area contributed by atoms with E-state index in [0.29, 0.717) is 21.6 Å². The Bertz CT molecular complexity index is 839. The summed E-state index contributed by atoms with van der Waals surface area (Å²) in [4.78, 5) is 24.2. The molecule has 1 atom stereocenters. The second-order valence-corrected chi connectivity index (χ2v) is 7.02. The van der Waals surface area contributed by atoms with Crippen LogP contribution in [0.25, 0.3) is 0 Å². The van der Waals surface area contributed by atoms with Crippen molar-refractivity contribution in [3.63, 3.8) is 0 Å². The van der Waals surface area contributed by atoms with Gasteiger partial charge in [-0.1, -0.05) is 6.07 Å². The Labute approximate surface area is 159 Å². The Morgan fingerprint density at radius 1 is 1.15 bits per heavy atom. The molecule has 0 aliphatic heterocycles. The summed E-state index contributed by atoms with van der Waals surface area (Å²) in [5, 5.41) is 5.58. The minimum atomic E-state index is -0.790. The van der Waals surface area contributed by atoms with Crippen LogP contribution >= 0.6 is 15.9 Å². The monoisotopic (exact) mass is 420 g/mol. The summed E-state index contributed by atoms with van der Waals surface area (Å²) >= 11 is 3.20. The number of rotatable bonds is 6. The summed E-state index contributed by atoms with van der Waals surface area (Å²) in [7, 11) is 0. The molecule has 3 rings (SSSR count). The van der Waals surface area contributed by atoms with E-state index >= 15 is 0 Å². The van der Waals surface area contributed by atoms with Gasteiger partial charge in [0, 0.05) is 17.3 Å². The number of carbonyl (C=O) groups excluding carboxylic acids is 2. The number of hydrogen-bond acceptors (Lipinski definition) is 3. The first kappa shape index (κ1) is 18.4.